The smallest absolute Gasteiger partial charge is 0.238 e. The predicted octanol–water partition coefficient (Wildman–Crippen LogP) is 4.68. The third-order valence-corrected chi connectivity index (χ3v) is 6.11. The zero-order valence-corrected chi connectivity index (χ0v) is 16.9. The number of amides is 1. The minimum absolute atomic E-state index is 0.0334. The molecule has 0 saturated heterocycles. The van der Waals surface area contributed by atoms with Crippen LogP contribution >= 0.6 is 11.3 Å². The Balaban J connectivity index is 1.56. The van der Waals surface area contributed by atoms with Crippen LogP contribution in [0, 0.1) is 0 Å². The highest BCUT2D eigenvalue weighted by atomic mass is 32.1. The summed E-state index contributed by atoms with van der Waals surface area (Å²) in [6.07, 6.45) is 2.12. The van der Waals surface area contributed by atoms with Crippen LogP contribution < -0.4 is 5.32 Å². The molecule has 0 fully saturated rings. The summed E-state index contributed by atoms with van der Waals surface area (Å²) in [5, 5.41) is 3.81. The topological polar surface area (TPSA) is 45.2 Å². The monoisotopic (exact) mass is 391 g/mol. The fourth-order valence-electron chi connectivity index (χ4n) is 3.77. The summed E-state index contributed by atoms with van der Waals surface area (Å²) in [5.74, 6) is -0.381. The average Bonchev–Trinajstić information content (AvgIpc) is 3.11. The molecule has 28 heavy (non-hydrogen) atoms. The molecule has 2 heterocycles. The maximum Gasteiger partial charge on any atom is 0.238 e. The molecule has 4 nitrogen and oxygen atoms in total. The van der Waals surface area contributed by atoms with Gasteiger partial charge in [-0.05, 0) is 24.1 Å². The van der Waals surface area contributed by atoms with Crippen molar-refractivity contribution < 1.29 is 4.79 Å². The van der Waals surface area contributed by atoms with Crippen molar-refractivity contribution in [1.82, 2.24) is 9.88 Å². The van der Waals surface area contributed by atoms with E-state index < -0.39 is 0 Å². The van der Waals surface area contributed by atoms with Gasteiger partial charge in [-0.3, -0.25) is 9.69 Å². The number of nitrogens with one attached hydrogen (secondary N) is 1. The van der Waals surface area contributed by atoms with E-state index in [4.69, 9.17) is 4.98 Å². The molecular weight excluding hydrogens is 366 g/mol. The molecule has 0 spiro atoms. The van der Waals surface area contributed by atoms with E-state index >= 15 is 0 Å². The summed E-state index contributed by atoms with van der Waals surface area (Å²) in [6.45, 7) is 5.32. The van der Waals surface area contributed by atoms with Crippen molar-refractivity contribution in [2.45, 2.75) is 32.2 Å². The number of fused-ring (bicyclic) bond motifs is 1. The van der Waals surface area contributed by atoms with Crippen LogP contribution in [0.1, 0.15) is 41.0 Å². The SMILES string of the molecule is CCCN1CCc2nc(NC(=O)C(c3ccccc3)c3ccccc3)sc2C1. The highest BCUT2D eigenvalue weighted by Crippen LogP contribution is 2.31. The molecule has 144 valence electrons. The van der Waals surface area contributed by atoms with Crippen molar-refractivity contribution in [2.24, 2.45) is 0 Å². The molecule has 0 atom stereocenters. The summed E-state index contributed by atoms with van der Waals surface area (Å²) in [6, 6.07) is 19.9. The number of carbonyl (C=O) groups is 1. The van der Waals surface area contributed by atoms with Gasteiger partial charge in [-0.15, -0.1) is 11.3 Å². The Labute approximate surface area is 170 Å². The Kier molecular flexibility index (Phi) is 5.84. The number of thiazole rings is 1. The Bertz CT molecular complexity index is 884. The van der Waals surface area contributed by atoms with Crippen LogP contribution in [0.2, 0.25) is 0 Å². The van der Waals surface area contributed by atoms with Crippen LogP contribution in [0.25, 0.3) is 0 Å². The van der Waals surface area contributed by atoms with Crippen LogP contribution in [0.15, 0.2) is 60.7 Å². The quantitative estimate of drug-likeness (QED) is 0.663. The number of hydrogen-bond donors (Lipinski definition) is 1. The average molecular weight is 392 g/mol. The van der Waals surface area contributed by atoms with E-state index in [0.717, 1.165) is 49.3 Å². The van der Waals surface area contributed by atoms with Gasteiger partial charge in [-0.1, -0.05) is 67.6 Å². The fraction of sp³-hybridized carbons (Fsp3) is 0.304. The van der Waals surface area contributed by atoms with Crippen molar-refractivity contribution in [3.05, 3.63) is 82.4 Å². The third-order valence-electron chi connectivity index (χ3n) is 5.11. The van der Waals surface area contributed by atoms with E-state index in [1.54, 1.807) is 11.3 Å². The lowest BCUT2D eigenvalue weighted by atomic mass is 9.90. The highest BCUT2D eigenvalue weighted by Gasteiger charge is 2.25. The zero-order valence-electron chi connectivity index (χ0n) is 16.1. The molecule has 4 rings (SSSR count). The van der Waals surface area contributed by atoms with Gasteiger partial charge in [0.15, 0.2) is 5.13 Å². The van der Waals surface area contributed by atoms with Gasteiger partial charge in [0.2, 0.25) is 5.91 Å². The highest BCUT2D eigenvalue weighted by molar-refractivity contribution is 7.15. The van der Waals surface area contributed by atoms with Crippen molar-refractivity contribution in [1.29, 1.82) is 0 Å². The molecule has 1 aromatic heterocycles. The summed E-state index contributed by atoms with van der Waals surface area (Å²) < 4.78 is 0. The Morgan fingerprint density at radius 3 is 2.36 bits per heavy atom. The summed E-state index contributed by atoms with van der Waals surface area (Å²) in [5.41, 5.74) is 3.12. The first-order valence-electron chi connectivity index (χ1n) is 9.86. The van der Waals surface area contributed by atoms with Crippen molar-refractivity contribution in [3.63, 3.8) is 0 Å². The maximum atomic E-state index is 13.2. The Morgan fingerprint density at radius 1 is 1.11 bits per heavy atom. The second-order valence-electron chi connectivity index (χ2n) is 7.16. The number of aromatic nitrogens is 1. The number of anilines is 1. The first kappa shape index (κ1) is 18.8. The van der Waals surface area contributed by atoms with Crippen LogP contribution in [0.4, 0.5) is 5.13 Å². The molecule has 1 N–H and O–H groups in total. The van der Waals surface area contributed by atoms with E-state index in [2.05, 4.69) is 17.1 Å². The molecule has 1 aliphatic rings. The number of carbonyl (C=O) groups excluding carboxylic acids is 1. The van der Waals surface area contributed by atoms with Gasteiger partial charge in [0.05, 0.1) is 11.6 Å². The summed E-state index contributed by atoms with van der Waals surface area (Å²) in [4.78, 5) is 21.7. The lowest BCUT2D eigenvalue weighted by Crippen LogP contribution is -2.30. The predicted molar refractivity (Wildman–Crippen MR) is 115 cm³/mol. The summed E-state index contributed by atoms with van der Waals surface area (Å²) >= 11 is 1.62. The van der Waals surface area contributed by atoms with Crippen LogP contribution in [0.5, 0.6) is 0 Å². The fourth-order valence-corrected chi connectivity index (χ4v) is 4.83. The summed E-state index contributed by atoms with van der Waals surface area (Å²) in [7, 11) is 0. The molecule has 0 radical (unpaired) electrons. The number of benzene rings is 2. The zero-order chi connectivity index (χ0) is 19.3. The van der Waals surface area contributed by atoms with E-state index in [9.17, 15) is 4.79 Å². The van der Waals surface area contributed by atoms with E-state index in [1.165, 1.54) is 4.88 Å². The van der Waals surface area contributed by atoms with Crippen LogP contribution in [-0.2, 0) is 17.8 Å². The first-order valence-corrected chi connectivity index (χ1v) is 10.7. The maximum absolute atomic E-state index is 13.2. The third kappa shape index (κ3) is 4.16. The van der Waals surface area contributed by atoms with E-state index in [1.807, 2.05) is 60.7 Å². The van der Waals surface area contributed by atoms with E-state index in [0.29, 0.717) is 5.13 Å². The molecule has 0 bridgehead atoms. The number of rotatable bonds is 6. The van der Waals surface area contributed by atoms with Gasteiger partial charge in [0.1, 0.15) is 0 Å². The largest absolute Gasteiger partial charge is 0.301 e. The second kappa shape index (κ2) is 8.67. The molecule has 3 aromatic rings. The standard InChI is InChI=1S/C23H25N3OS/c1-2-14-26-15-13-19-20(16-26)28-23(24-19)25-22(27)21(17-9-5-3-6-10-17)18-11-7-4-8-12-18/h3-12,21H,2,13-16H2,1H3,(H,24,25,27). The lowest BCUT2D eigenvalue weighted by molar-refractivity contribution is -0.116. The van der Waals surface area contributed by atoms with Crippen molar-refractivity contribution >= 4 is 22.4 Å². The first-order chi connectivity index (χ1) is 13.7. The molecule has 0 unspecified atom stereocenters. The minimum Gasteiger partial charge on any atom is -0.301 e. The Hall–Kier alpha value is -2.50. The molecule has 2 aromatic carbocycles. The number of nitrogens with zero attached hydrogens (tertiary/aromatic N) is 2. The molecular formula is C23H25N3OS. The van der Waals surface area contributed by atoms with Gasteiger partial charge < -0.3 is 5.32 Å². The van der Waals surface area contributed by atoms with Gasteiger partial charge in [-0.25, -0.2) is 4.98 Å². The Morgan fingerprint density at radius 2 is 1.75 bits per heavy atom. The van der Waals surface area contributed by atoms with Gasteiger partial charge in [-0.2, -0.15) is 0 Å². The minimum atomic E-state index is -0.347. The normalized spacial score (nSPS) is 14.1. The van der Waals surface area contributed by atoms with Crippen molar-refractivity contribution in [3.8, 4) is 0 Å². The molecule has 1 amide bonds. The van der Waals surface area contributed by atoms with Gasteiger partial charge in [0.25, 0.3) is 0 Å². The molecule has 5 heteroatoms. The van der Waals surface area contributed by atoms with Gasteiger partial charge in [0, 0.05) is 24.4 Å². The second-order valence-corrected chi connectivity index (χ2v) is 8.24. The van der Waals surface area contributed by atoms with Gasteiger partial charge >= 0.3 is 0 Å². The lowest BCUT2D eigenvalue weighted by Gasteiger charge is -2.24. The molecule has 1 aliphatic heterocycles. The van der Waals surface area contributed by atoms with Crippen LogP contribution in [-0.4, -0.2) is 28.9 Å². The van der Waals surface area contributed by atoms with Crippen LogP contribution in [0.3, 0.4) is 0 Å². The van der Waals surface area contributed by atoms with Crippen molar-refractivity contribution in [2.75, 3.05) is 18.4 Å². The molecule has 0 saturated carbocycles. The molecule has 0 aliphatic carbocycles. The number of hydrogen-bond acceptors (Lipinski definition) is 4. The van der Waals surface area contributed by atoms with E-state index in [-0.39, 0.29) is 11.8 Å².